The number of rotatable bonds is 3. The van der Waals surface area contributed by atoms with Gasteiger partial charge in [-0.2, -0.15) is 0 Å². The summed E-state index contributed by atoms with van der Waals surface area (Å²) in [6, 6.07) is 0.390. The second-order valence-corrected chi connectivity index (χ2v) is 6.38. The van der Waals surface area contributed by atoms with E-state index in [4.69, 9.17) is 0 Å². The highest BCUT2D eigenvalue weighted by Crippen LogP contribution is 2.35. The minimum absolute atomic E-state index is 0.0114. The van der Waals surface area contributed by atoms with Gasteiger partial charge in [-0.25, -0.2) is 0 Å². The van der Waals surface area contributed by atoms with Crippen LogP contribution in [0, 0.1) is 0 Å². The number of likely N-dealkylation sites (N-methyl/N-ethyl adjacent to an activating group) is 1. The Bertz CT molecular complexity index is 311. The third-order valence-corrected chi connectivity index (χ3v) is 4.44. The molecule has 104 valence electrons. The highest BCUT2D eigenvalue weighted by Gasteiger charge is 2.46. The lowest BCUT2D eigenvalue weighted by Gasteiger charge is -2.53. The van der Waals surface area contributed by atoms with Gasteiger partial charge in [0.2, 0.25) is 5.91 Å². The van der Waals surface area contributed by atoms with E-state index in [2.05, 4.69) is 18.7 Å². The second-order valence-electron chi connectivity index (χ2n) is 6.38. The number of nitrogens with zero attached hydrogens (tertiary/aromatic N) is 2. The molecule has 2 fully saturated rings. The molecule has 1 heterocycles. The molecule has 1 N–H and O–H groups in total. The fourth-order valence-electron chi connectivity index (χ4n) is 3.85. The predicted molar refractivity (Wildman–Crippen MR) is 71.3 cm³/mol. The molecular weight excluding hydrogens is 228 g/mol. The van der Waals surface area contributed by atoms with Gasteiger partial charge in [0, 0.05) is 31.8 Å². The molecule has 1 atom stereocenters. The predicted octanol–water partition coefficient (Wildman–Crippen LogP) is 1.23. The third kappa shape index (κ3) is 2.41. The van der Waals surface area contributed by atoms with Crippen LogP contribution in [0.25, 0.3) is 0 Å². The molecule has 0 aromatic heterocycles. The molecule has 1 unspecified atom stereocenters. The lowest BCUT2D eigenvalue weighted by molar-refractivity contribution is -0.152. The van der Waals surface area contributed by atoms with Gasteiger partial charge in [-0.1, -0.05) is 12.8 Å². The van der Waals surface area contributed by atoms with Gasteiger partial charge in [0.05, 0.1) is 6.04 Å². The Morgan fingerprint density at radius 2 is 1.94 bits per heavy atom. The number of piperazine rings is 1. The van der Waals surface area contributed by atoms with E-state index in [1.807, 2.05) is 11.9 Å². The molecule has 2 rings (SSSR count). The highest BCUT2D eigenvalue weighted by atomic mass is 16.3. The van der Waals surface area contributed by atoms with Crippen molar-refractivity contribution in [3.05, 3.63) is 0 Å². The number of hydrogen-bond acceptors (Lipinski definition) is 3. The maximum atomic E-state index is 12.3. The Morgan fingerprint density at radius 1 is 1.33 bits per heavy atom. The monoisotopic (exact) mass is 254 g/mol. The van der Waals surface area contributed by atoms with Crippen molar-refractivity contribution in [3.63, 3.8) is 0 Å². The minimum Gasteiger partial charge on any atom is -0.396 e. The Hall–Kier alpha value is -0.610. The molecular formula is C14H26N2O2. The second kappa shape index (κ2) is 5.17. The first kappa shape index (κ1) is 13.8. The van der Waals surface area contributed by atoms with E-state index in [-0.39, 0.29) is 24.1 Å². The van der Waals surface area contributed by atoms with Crippen molar-refractivity contribution in [2.75, 3.05) is 20.2 Å². The molecule has 0 aromatic carbocycles. The molecule has 2 aliphatic rings. The average Bonchev–Trinajstić information content (AvgIpc) is 2.78. The molecule has 1 amide bonds. The molecule has 4 nitrogen and oxygen atoms in total. The summed E-state index contributed by atoms with van der Waals surface area (Å²) in [7, 11) is 1.88. The van der Waals surface area contributed by atoms with Crippen LogP contribution in [0.1, 0.15) is 46.0 Å². The summed E-state index contributed by atoms with van der Waals surface area (Å²) in [6.45, 7) is 5.31. The number of aliphatic hydroxyl groups excluding tert-OH is 1. The van der Waals surface area contributed by atoms with E-state index in [1.165, 1.54) is 25.7 Å². The van der Waals surface area contributed by atoms with Crippen LogP contribution < -0.4 is 0 Å². The Labute approximate surface area is 110 Å². The zero-order valence-electron chi connectivity index (χ0n) is 11.9. The summed E-state index contributed by atoms with van der Waals surface area (Å²) in [6.07, 6.45) is 5.49. The van der Waals surface area contributed by atoms with Gasteiger partial charge in [-0.05, 0) is 33.1 Å². The summed E-state index contributed by atoms with van der Waals surface area (Å²) in [5.74, 6) is 0.176. The first-order valence-electron chi connectivity index (χ1n) is 7.11. The number of carbonyl (C=O) groups excluding carboxylic acids is 1. The smallest absolute Gasteiger partial charge is 0.239 e. The largest absolute Gasteiger partial charge is 0.396 e. The van der Waals surface area contributed by atoms with Gasteiger partial charge in [0.25, 0.3) is 0 Å². The van der Waals surface area contributed by atoms with E-state index in [1.54, 1.807) is 0 Å². The van der Waals surface area contributed by atoms with Gasteiger partial charge in [-0.15, -0.1) is 0 Å². The highest BCUT2D eigenvalue weighted by molar-refractivity contribution is 5.82. The van der Waals surface area contributed by atoms with Crippen molar-refractivity contribution in [1.82, 2.24) is 9.80 Å². The van der Waals surface area contributed by atoms with Crippen LogP contribution in [-0.2, 0) is 4.79 Å². The molecule has 0 spiro atoms. The minimum atomic E-state index is -0.133. The van der Waals surface area contributed by atoms with Crippen LogP contribution in [0.4, 0.5) is 0 Å². The molecule has 18 heavy (non-hydrogen) atoms. The van der Waals surface area contributed by atoms with E-state index in [0.717, 1.165) is 6.54 Å². The molecule has 1 saturated heterocycles. The molecule has 0 bridgehead atoms. The van der Waals surface area contributed by atoms with Crippen LogP contribution in [0.5, 0.6) is 0 Å². The van der Waals surface area contributed by atoms with Crippen molar-refractivity contribution in [3.8, 4) is 0 Å². The SMILES string of the molecule is CN1CC(C)(C)N(C2CCCC2)C(CCO)C1=O. The van der Waals surface area contributed by atoms with Gasteiger partial charge in [-0.3, -0.25) is 9.69 Å². The lowest BCUT2D eigenvalue weighted by atomic mass is 9.90. The molecule has 1 aliphatic carbocycles. The van der Waals surface area contributed by atoms with Crippen LogP contribution in [0.15, 0.2) is 0 Å². The van der Waals surface area contributed by atoms with Crippen LogP contribution in [0.2, 0.25) is 0 Å². The molecule has 0 radical (unpaired) electrons. The van der Waals surface area contributed by atoms with Crippen LogP contribution in [0.3, 0.4) is 0 Å². The number of carbonyl (C=O) groups is 1. The summed E-state index contributed by atoms with van der Waals surface area (Å²) in [5.41, 5.74) is 0.0114. The van der Waals surface area contributed by atoms with E-state index >= 15 is 0 Å². The van der Waals surface area contributed by atoms with Crippen molar-refractivity contribution in [1.29, 1.82) is 0 Å². The lowest BCUT2D eigenvalue weighted by Crippen LogP contribution is -2.68. The van der Waals surface area contributed by atoms with E-state index < -0.39 is 0 Å². The van der Waals surface area contributed by atoms with E-state index in [0.29, 0.717) is 12.5 Å². The van der Waals surface area contributed by atoms with Crippen molar-refractivity contribution in [2.24, 2.45) is 0 Å². The molecule has 0 aromatic rings. The van der Waals surface area contributed by atoms with Gasteiger partial charge in [0.1, 0.15) is 0 Å². The Kier molecular flexibility index (Phi) is 3.97. The van der Waals surface area contributed by atoms with Crippen LogP contribution in [-0.4, -0.2) is 58.6 Å². The maximum absolute atomic E-state index is 12.3. The summed E-state index contributed by atoms with van der Waals surface area (Å²) in [4.78, 5) is 16.6. The summed E-state index contributed by atoms with van der Waals surface area (Å²) in [5, 5.41) is 9.26. The standard InChI is InChI=1S/C14H26N2O2/c1-14(2)10-15(3)13(18)12(8-9-17)16(14)11-6-4-5-7-11/h11-12,17H,4-10H2,1-3H3. The van der Waals surface area contributed by atoms with Gasteiger partial charge in [0.15, 0.2) is 0 Å². The first-order chi connectivity index (χ1) is 8.47. The summed E-state index contributed by atoms with van der Waals surface area (Å²) >= 11 is 0. The average molecular weight is 254 g/mol. The Morgan fingerprint density at radius 3 is 2.50 bits per heavy atom. The third-order valence-electron chi connectivity index (χ3n) is 4.44. The normalized spacial score (nSPS) is 30.1. The molecule has 1 saturated carbocycles. The quantitative estimate of drug-likeness (QED) is 0.824. The zero-order chi connectivity index (χ0) is 13.3. The fourth-order valence-corrected chi connectivity index (χ4v) is 3.85. The number of aliphatic hydroxyl groups is 1. The number of amides is 1. The van der Waals surface area contributed by atoms with Crippen molar-refractivity contribution < 1.29 is 9.90 Å². The topological polar surface area (TPSA) is 43.8 Å². The van der Waals surface area contributed by atoms with Crippen molar-refractivity contribution >= 4 is 5.91 Å². The number of hydrogen-bond donors (Lipinski definition) is 1. The van der Waals surface area contributed by atoms with E-state index in [9.17, 15) is 9.90 Å². The zero-order valence-corrected chi connectivity index (χ0v) is 11.9. The first-order valence-corrected chi connectivity index (χ1v) is 7.11. The van der Waals surface area contributed by atoms with Gasteiger partial charge >= 0.3 is 0 Å². The van der Waals surface area contributed by atoms with Gasteiger partial charge < -0.3 is 10.0 Å². The maximum Gasteiger partial charge on any atom is 0.239 e. The molecule has 1 aliphatic heterocycles. The van der Waals surface area contributed by atoms with Crippen LogP contribution >= 0.6 is 0 Å². The van der Waals surface area contributed by atoms with Crippen molar-refractivity contribution in [2.45, 2.75) is 63.6 Å². The fraction of sp³-hybridized carbons (Fsp3) is 0.929. The summed E-state index contributed by atoms with van der Waals surface area (Å²) < 4.78 is 0. The molecule has 4 heteroatoms. The Balaban J connectivity index is 2.25.